The Balaban J connectivity index is 1.60. The minimum atomic E-state index is -0.0388. The number of hydrogen-bond acceptors (Lipinski definition) is 4. The number of halogens is 1. The molecule has 1 aromatic heterocycles. The van der Waals surface area contributed by atoms with E-state index in [1.807, 2.05) is 24.3 Å². The Bertz CT molecular complexity index is 730. The number of nitrogens with zero attached hydrogens (tertiary/aromatic N) is 1. The van der Waals surface area contributed by atoms with Gasteiger partial charge in [-0.1, -0.05) is 18.2 Å². The predicted octanol–water partition coefficient (Wildman–Crippen LogP) is 3.70. The molecule has 25 heavy (non-hydrogen) atoms. The Morgan fingerprint density at radius 2 is 2.00 bits per heavy atom. The van der Waals surface area contributed by atoms with Crippen molar-refractivity contribution in [2.75, 3.05) is 20.3 Å². The third kappa shape index (κ3) is 4.77. The van der Waals surface area contributed by atoms with E-state index in [2.05, 4.69) is 26.2 Å². The molecule has 0 spiro atoms. The number of ether oxygens (including phenoxy) is 2. The summed E-state index contributed by atoms with van der Waals surface area (Å²) in [5, 5.41) is 4.05. The molecule has 0 atom stereocenters. The SMILES string of the molecule is COCCO[C@H]1CC[C@H](NC(=O)c2cc(Br)nc3ccccc23)CC1. The van der Waals surface area contributed by atoms with Gasteiger partial charge in [-0.05, 0) is 53.7 Å². The van der Waals surface area contributed by atoms with E-state index < -0.39 is 0 Å². The van der Waals surface area contributed by atoms with Gasteiger partial charge in [-0.3, -0.25) is 4.79 Å². The molecule has 0 radical (unpaired) electrons. The maximum absolute atomic E-state index is 12.8. The number of aromatic nitrogens is 1. The predicted molar refractivity (Wildman–Crippen MR) is 101 cm³/mol. The van der Waals surface area contributed by atoms with Crippen molar-refractivity contribution >= 4 is 32.7 Å². The van der Waals surface area contributed by atoms with Gasteiger partial charge in [-0.2, -0.15) is 0 Å². The first-order valence-corrected chi connectivity index (χ1v) is 9.43. The summed E-state index contributed by atoms with van der Waals surface area (Å²) >= 11 is 3.40. The highest BCUT2D eigenvalue weighted by molar-refractivity contribution is 9.10. The molecule has 1 aliphatic carbocycles. The highest BCUT2D eigenvalue weighted by Gasteiger charge is 2.24. The lowest BCUT2D eigenvalue weighted by molar-refractivity contribution is -0.00408. The second-order valence-electron chi connectivity index (χ2n) is 6.32. The average molecular weight is 407 g/mol. The van der Waals surface area contributed by atoms with E-state index in [1.54, 1.807) is 13.2 Å². The molecule has 1 fully saturated rings. The normalized spacial score (nSPS) is 20.6. The quantitative estimate of drug-likeness (QED) is 0.586. The van der Waals surface area contributed by atoms with E-state index in [9.17, 15) is 4.79 Å². The molecule has 1 aromatic carbocycles. The third-order valence-electron chi connectivity index (χ3n) is 4.58. The van der Waals surface area contributed by atoms with Gasteiger partial charge in [0.2, 0.25) is 0 Å². The summed E-state index contributed by atoms with van der Waals surface area (Å²) in [7, 11) is 1.68. The van der Waals surface area contributed by atoms with Crippen LogP contribution in [0.5, 0.6) is 0 Å². The van der Waals surface area contributed by atoms with E-state index in [-0.39, 0.29) is 18.1 Å². The molecule has 1 saturated carbocycles. The summed E-state index contributed by atoms with van der Waals surface area (Å²) in [5.41, 5.74) is 1.48. The molecule has 0 bridgehead atoms. The van der Waals surface area contributed by atoms with Crippen molar-refractivity contribution in [2.45, 2.75) is 37.8 Å². The van der Waals surface area contributed by atoms with Gasteiger partial charge in [0.05, 0.1) is 30.4 Å². The van der Waals surface area contributed by atoms with Crippen LogP contribution >= 0.6 is 15.9 Å². The fraction of sp³-hybridized carbons (Fsp3) is 0.474. The lowest BCUT2D eigenvalue weighted by Crippen LogP contribution is -2.39. The first-order chi connectivity index (χ1) is 12.2. The van der Waals surface area contributed by atoms with Crippen molar-refractivity contribution in [3.8, 4) is 0 Å². The third-order valence-corrected chi connectivity index (χ3v) is 4.99. The van der Waals surface area contributed by atoms with Crippen LogP contribution in [0.4, 0.5) is 0 Å². The van der Waals surface area contributed by atoms with Crippen molar-refractivity contribution in [3.05, 3.63) is 40.5 Å². The first-order valence-electron chi connectivity index (χ1n) is 8.64. The molecule has 1 N–H and O–H groups in total. The van der Waals surface area contributed by atoms with Crippen LogP contribution in [0.25, 0.3) is 10.9 Å². The molecule has 1 aliphatic rings. The zero-order chi connectivity index (χ0) is 17.6. The fourth-order valence-corrected chi connectivity index (χ4v) is 3.69. The maximum atomic E-state index is 12.8. The molecular formula is C19H23BrN2O3. The summed E-state index contributed by atoms with van der Waals surface area (Å²) in [6.07, 6.45) is 4.09. The van der Waals surface area contributed by atoms with Crippen molar-refractivity contribution in [1.29, 1.82) is 0 Å². The van der Waals surface area contributed by atoms with Crippen LogP contribution in [0.15, 0.2) is 34.9 Å². The average Bonchev–Trinajstić information content (AvgIpc) is 2.62. The number of amides is 1. The van der Waals surface area contributed by atoms with Crippen LogP contribution in [0.2, 0.25) is 0 Å². The number of benzene rings is 1. The van der Waals surface area contributed by atoms with Gasteiger partial charge < -0.3 is 14.8 Å². The van der Waals surface area contributed by atoms with Gasteiger partial charge >= 0.3 is 0 Å². The molecule has 1 amide bonds. The second kappa shape index (κ2) is 8.74. The number of nitrogens with one attached hydrogen (secondary N) is 1. The van der Waals surface area contributed by atoms with Gasteiger partial charge in [0.25, 0.3) is 5.91 Å². The smallest absolute Gasteiger partial charge is 0.252 e. The van der Waals surface area contributed by atoms with Crippen molar-refractivity contribution < 1.29 is 14.3 Å². The molecule has 1 heterocycles. The number of carbonyl (C=O) groups is 1. The van der Waals surface area contributed by atoms with E-state index in [0.29, 0.717) is 23.4 Å². The highest BCUT2D eigenvalue weighted by atomic mass is 79.9. The summed E-state index contributed by atoms with van der Waals surface area (Å²) in [6, 6.07) is 9.69. The molecule has 2 aromatic rings. The number of methoxy groups -OCH3 is 1. The van der Waals surface area contributed by atoms with Crippen LogP contribution in [-0.2, 0) is 9.47 Å². The number of carbonyl (C=O) groups excluding carboxylic acids is 1. The van der Waals surface area contributed by atoms with E-state index in [0.717, 1.165) is 36.6 Å². The van der Waals surface area contributed by atoms with Gasteiger partial charge in [-0.15, -0.1) is 0 Å². The Labute approximate surface area is 156 Å². The summed E-state index contributed by atoms with van der Waals surface area (Å²) in [5.74, 6) is -0.0388. The van der Waals surface area contributed by atoms with E-state index >= 15 is 0 Å². The minimum absolute atomic E-state index is 0.0388. The Hall–Kier alpha value is -1.50. The zero-order valence-corrected chi connectivity index (χ0v) is 15.9. The number of fused-ring (bicyclic) bond motifs is 1. The maximum Gasteiger partial charge on any atom is 0.252 e. The molecule has 134 valence electrons. The lowest BCUT2D eigenvalue weighted by Gasteiger charge is -2.29. The van der Waals surface area contributed by atoms with Crippen LogP contribution in [0.1, 0.15) is 36.0 Å². The van der Waals surface area contributed by atoms with Gasteiger partial charge in [0, 0.05) is 18.5 Å². The van der Waals surface area contributed by atoms with Crippen LogP contribution in [0.3, 0.4) is 0 Å². The topological polar surface area (TPSA) is 60.5 Å². The highest BCUT2D eigenvalue weighted by Crippen LogP contribution is 2.24. The largest absolute Gasteiger partial charge is 0.382 e. The molecule has 3 rings (SSSR count). The van der Waals surface area contributed by atoms with E-state index in [4.69, 9.17) is 9.47 Å². The van der Waals surface area contributed by atoms with Crippen molar-refractivity contribution in [1.82, 2.24) is 10.3 Å². The second-order valence-corrected chi connectivity index (χ2v) is 7.13. The van der Waals surface area contributed by atoms with Crippen LogP contribution in [-0.4, -0.2) is 43.4 Å². The van der Waals surface area contributed by atoms with Crippen LogP contribution in [0, 0.1) is 0 Å². The monoisotopic (exact) mass is 406 g/mol. The lowest BCUT2D eigenvalue weighted by atomic mass is 9.92. The number of hydrogen-bond donors (Lipinski definition) is 1. The van der Waals surface area contributed by atoms with Gasteiger partial charge in [0.1, 0.15) is 4.60 Å². The summed E-state index contributed by atoms with van der Waals surface area (Å²) < 4.78 is 11.5. The fourth-order valence-electron chi connectivity index (χ4n) is 3.27. The number of para-hydroxylation sites is 1. The minimum Gasteiger partial charge on any atom is -0.382 e. The molecule has 0 aliphatic heterocycles. The molecular weight excluding hydrogens is 384 g/mol. The van der Waals surface area contributed by atoms with E-state index in [1.165, 1.54) is 0 Å². The standard InChI is InChI=1S/C19H23BrN2O3/c1-24-10-11-25-14-8-6-13(7-9-14)21-19(23)16-12-18(20)22-17-5-3-2-4-15(16)17/h2-5,12-14H,6-11H2,1H3,(H,21,23)/t13-,14-. The molecule has 6 heteroatoms. The van der Waals surface area contributed by atoms with Gasteiger partial charge in [0.15, 0.2) is 0 Å². The summed E-state index contributed by atoms with van der Waals surface area (Å²) in [4.78, 5) is 17.2. The number of pyridine rings is 1. The Morgan fingerprint density at radius 3 is 2.76 bits per heavy atom. The molecule has 5 nitrogen and oxygen atoms in total. The Morgan fingerprint density at radius 1 is 1.24 bits per heavy atom. The summed E-state index contributed by atoms with van der Waals surface area (Å²) in [6.45, 7) is 1.26. The first kappa shape index (κ1) is 18.3. The number of rotatable bonds is 6. The molecule has 0 saturated heterocycles. The van der Waals surface area contributed by atoms with Crippen molar-refractivity contribution in [3.63, 3.8) is 0 Å². The molecule has 0 unspecified atom stereocenters. The van der Waals surface area contributed by atoms with Crippen molar-refractivity contribution in [2.24, 2.45) is 0 Å². The van der Waals surface area contributed by atoms with Gasteiger partial charge in [-0.25, -0.2) is 4.98 Å². The Kier molecular flexibility index (Phi) is 6.39. The van der Waals surface area contributed by atoms with Crippen LogP contribution < -0.4 is 5.32 Å². The zero-order valence-electron chi connectivity index (χ0n) is 14.3.